The molecule has 2 aromatic rings. The molecule has 140 valence electrons. The van der Waals surface area contributed by atoms with Crippen molar-refractivity contribution in [2.24, 2.45) is 5.92 Å². The summed E-state index contributed by atoms with van der Waals surface area (Å²) in [5.41, 5.74) is 0.0719. The van der Waals surface area contributed by atoms with Gasteiger partial charge < -0.3 is 5.32 Å². The second-order valence-electron chi connectivity index (χ2n) is 6.49. The highest BCUT2D eigenvalue weighted by molar-refractivity contribution is 5.77. The maximum atomic E-state index is 13.1. The molecule has 6 nitrogen and oxygen atoms in total. The van der Waals surface area contributed by atoms with E-state index in [0.29, 0.717) is 30.2 Å². The number of nitrogens with zero attached hydrogens (tertiary/aromatic N) is 3. The van der Waals surface area contributed by atoms with Gasteiger partial charge >= 0.3 is 6.18 Å². The van der Waals surface area contributed by atoms with Gasteiger partial charge in [0.05, 0.1) is 17.8 Å². The summed E-state index contributed by atoms with van der Waals surface area (Å²) < 4.78 is 40.3. The van der Waals surface area contributed by atoms with Crippen LogP contribution in [0.5, 0.6) is 0 Å². The number of aryl methyl sites for hydroxylation is 1. The number of amides is 1. The summed E-state index contributed by atoms with van der Waals surface area (Å²) in [6.45, 7) is -0.0358. The number of carbonyl (C=O) groups excluding carboxylic acids is 1. The van der Waals surface area contributed by atoms with E-state index in [0.717, 1.165) is 4.68 Å². The molecule has 2 atom stereocenters. The minimum absolute atomic E-state index is 0.0318. The van der Waals surface area contributed by atoms with E-state index in [1.807, 2.05) is 0 Å². The van der Waals surface area contributed by atoms with Crippen molar-refractivity contribution in [3.05, 3.63) is 34.6 Å². The van der Waals surface area contributed by atoms with Crippen LogP contribution in [0.15, 0.2) is 29.1 Å². The van der Waals surface area contributed by atoms with Gasteiger partial charge in [-0.05, 0) is 25.0 Å². The minimum atomic E-state index is -4.32. The molecular weight excluding hydrogens is 349 g/mol. The minimum Gasteiger partial charge on any atom is -0.353 e. The Morgan fingerprint density at radius 3 is 2.73 bits per heavy atom. The van der Waals surface area contributed by atoms with E-state index in [1.165, 1.54) is 0 Å². The maximum absolute atomic E-state index is 13.1. The molecule has 1 saturated carbocycles. The van der Waals surface area contributed by atoms with Gasteiger partial charge in [-0.1, -0.05) is 30.2 Å². The van der Waals surface area contributed by atoms with E-state index >= 15 is 0 Å². The van der Waals surface area contributed by atoms with E-state index in [9.17, 15) is 22.8 Å². The molecule has 1 N–H and O–H groups in total. The Hall–Kier alpha value is -2.45. The van der Waals surface area contributed by atoms with Crippen molar-refractivity contribution >= 4 is 16.8 Å². The molecule has 26 heavy (non-hydrogen) atoms. The van der Waals surface area contributed by atoms with Gasteiger partial charge in [-0.3, -0.25) is 9.59 Å². The van der Waals surface area contributed by atoms with Crippen molar-refractivity contribution < 1.29 is 18.0 Å². The van der Waals surface area contributed by atoms with Gasteiger partial charge in [0.2, 0.25) is 5.91 Å². The molecule has 9 heteroatoms. The Morgan fingerprint density at radius 1 is 1.23 bits per heavy atom. The fourth-order valence-electron chi connectivity index (χ4n) is 3.35. The fourth-order valence-corrected chi connectivity index (χ4v) is 3.35. The van der Waals surface area contributed by atoms with E-state index in [1.54, 1.807) is 24.3 Å². The Balaban J connectivity index is 1.64. The number of carbonyl (C=O) groups is 1. The van der Waals surface area contributed by atoms with E-state index in [-0.39, 0.29) is 24.9 Å². The first-order chi connectivity index (χ1) is 12.4. The van der Waals surface area contributed by atoms with Gasteiger partial charge in [-0.25, -0.2) is 4.68 Å². The summed E-state index contributed by atoms with van der Waals surface area (Å²) in [4.78, 5) is 24.4. The summed E-state index contributed by atoms with van der Waals surface area (Å²) in [5.74, 6) is -2.03. The van der Waals surface area contributed by atoms with Crippen LogP contribution in [-0.2, 0) is 11.3 Å². The zero-order valence-corrected chi connectivity index (χ0v) is 14.0. The third-order valence-electron chi connectivity index (χ3n) is 4.71. The van der Waals surface area contributed by atoms with Crippen molar-refractivity contribution in [1.82, 2.24) is 20.3 Å². The molecule has 1 aromatic heterocycles. The molecule has 1 aliphatic carbocycles. The molecule has 1 amide bonds. The zero-order valence-electron chi connectivity index (χ0n) is 14.0. The number of rotatable bonds is 4. The van der Waals surface area contributed by atoms with Gasteiger partial charge in [0.1, 0.15) is 5.52 Å². The van der Waals surface area contributed by atoms with Crippen LogP contribution in [0, 0.1) is 5.92 Å². The number of benzene rings is 1. The third kappa shape index (κ3) is 4.03. The smallest absolute Gasteiger partial charge is 0.353 e. The lowest BCUT2D eigenvalue weighted by atomic mass is 9.84. The molecule has 3 rings (SSSR count). The standard InChI is InChI=1S/C17H19F3N4O2/c18-17(19,20)12-6-2-4-8-14(12)21-15(25)9-10-24-16(26)11-5-1-3-7-13(11)22-23-24/h1,3,5,7,12,14H,2,4,6,8-10H2,(H,21,25). The van der Waals surface area contributed by atoms with E-state index < -0.39 is 24.0 Å². The highest BCUT2D eigenvalue weighted by Crippen LogP contribution is 2.37. The van der Waals surface area contributed by atoms with Crippen LogP contribution < -0.4 is 10.9 Å². The van der Waals surface area contributed by atoms with Crippen molar-refractivity contribution in [2.45, 2.75) is 50.9 Å². The molecule has 2 unspecified atom stereocenters. The summed E-state index contributed by atoms with van der Waals surface area (Å²) in [5, 5.41) is 10.5. The topological polar surface area (TPSA) is 76.9 Å². The van der Waals surface area contributed by atoms with Crippen molar-refractivity contribution in [3.63, 3.8) is 0 Å². The SMILES string of the molecule is O=C(CCn1nnc2ccccc2c1=O)NC1CCCCC1C(F)(F)F. The molecule has 0 bridgehead atoms. The first-order valence-electron chi connectivity index (χ1n) is 8.55. The van der Waals surface area contributed by atoms with Crippen LogP contribution in [0.4, 0.5) is 13.2 Å². The summed E-state index contributed by atoms with van der Waals surface area (Å²) in [7, 11) is 0. The normalized spacial score (nSPS) is 20.9. The Labute approximate surface area is 147 Å². The number of alkyl halides is 3. The molecule has 0 spiro atoms. The molecule has 1 heterocycles. The Kier molecular flexibility index (Phi) is 5.24. The Bertz CT molecular complexity index is 850. The summed E-state index contributed by atoms with van der Waals surface area (Å²) in [6, 6.07) is 5.79. The average molecular weight is 368 g/mol. The van der Waals surface area contributed by atoms with Gasteiger partial charge in [-0.2, -0.15) is 13.2 Å². The third-order valence-corrected chi connectivity index (χ3v) is 4.71. The molecular formula is C17H19F3N4O2. The summed E-state index contributed by atoms with van der Waals surface area (Å²) >= 11 is 0. The largest absolute Gasteiger partial charge is 0.393 e. The summed E-state index contributed by atoms with van der Waals surface area (Å²) in [6.07, 6.45) is -2.94. The molecule has 0 aliphatic heterocycles. The lowest BCUT2D eigenvalue weighted by Crippen LogP contribution is -2.48. The van der Waals surface area contributed by atoms with Crippen LogP contribution >= 0.6 is 0 Å². The first-order valence-corrected chi connectivity index (χ1v) is 8.55. The molecule has 1 fully saturated rings. The van der Waals surface area contributed by atoms with Crippen LogP contribution in [0.3, 0.4) is 0 Å². The number of fused-ring (bicyclic) bond motifs is 1. The highest BCUT2D eigenvalue weighted by atomic mass is 19.4. The van der Waals surface area contributed by atoms with E-state index in [4.69, 9.17) is 0 Å². The van der Waals surface area contributed by atoms with Gasteiger partial charge in [-0.15, -0.1) is 5.10 Å². The number of nitrogens with one attached hydrogen (secondary N) is 1. The fraction of sp³-hybridized carbons (Fsp3) is 0.529. The zero-order chi connectivity index (χ0) is 18.7. The van der Waals surface area contributed by atoms with Crippen LogP contribution in [-0.4, -0.2) is 33.1 Å². The number of aromatic nitrogens is 3. The number of halogens is 3. The predicted molar refractivity (Wildman–Crippen MR) is 88.4 cm³/mol. The van der Waals surface area contributed by atoms with Crippen molar-refractivity contribution in [2.75, 3.05) is 0 Å². The van der Waals surface area contributed by atoms with Crippen LogP contribution in [0.1, 0.15) is 32.1 Å². The molecule has 0 radical (unpaired) electrons. The second kappa shape index (κ2) is 7.43. The van der Waals surface area contributed by atoms with Crippen molar-refractivity contribution in [1.29, 1.82) is 0 Å². The maximum Gasteiger partial charge on any atom is 0.393 e. The number of hydrogen-bond acceptors (Lipinski definition) is 4. The van der Waals surface area contributed by atoms with Gasteiger partial charge in [0.15, 0.2) is 0 Å². The Morgan fingerprint density at radius 2 is 1.96 bits per heavy atom. The molecule has 1 aliphatic rings. The lowest BCUT2D eigenvalue weighted by Gasteiger charge is -2.33. The van der Waals surface area contributed by atoms with E-state index in [2.05, 4.69) is 15.6 Å². The van der Waals surface area contributed by atoms with Crippen molar-refractivity contribution in [3.8, 4) is 0 Å². The first kappa shape index (κ1) is 18.3. The predicted octanol–water partition coefficient (Wildman–Crippen LogP) is 2.42. The molecule has 1 aromatic carbocycles. The average Bonchev–Trinajstić information content (AvgIpc) is 2.61. The molecule has 0 saturated heterocycles. The monoisotopic (exact) mass is 368 g/mol. The van der Waals surface area contributed by atoms with Gasteiger partial charge in [0.25, 0.3) is 5.56 Å². The second-order valence-corrected chi connectivity index (χ2v) is 6.49. The lowest BCUT2D eigenvalue weighted by molar-refractivity contribution is -0.189. The van der Waals surface area contributed by atoms with Crippen LogP contribution in [0.25, 0.3) is 10.9 Å². The quantitative estimate of drug-likeness (QED) is 0.899. The van der Waals surface area contributed by atoms with Crippen LogP contribution in [0.2, 0.25) is 0 Å². The van der Waals surface area contributed by atoms with Gasteiger partial charge in [0, 0.05) is 12.5 Å². The highest BCUT2D eigenvalue weighted by Gasteiger charge is 2.45. The number of hydrogen-bond donors (Lipinski definition) is 1.